The Bertz CT molecular complexity index is 769. The number of benzene rings is 1. The van der Waals surface area contributed by atoms with Crippen molar-refractivity contribution in [2.45, 2.75) is 0 Å². The quantitative estimate of drug-likeness (QED) is 0.754. The lowest BCUT2D eigenvalue weighted by Gasteiger charge is -2.09. The summed E-state index contributed by atoms with van der Waals surface area (Å²) in [5.74, 6) is 0.557. The smallest absolute Gasteiger partial charge is 0.148 e. The number of nitrogens with zero attached hydrogens (tertiary/aromatic N) is 3. The first kappa shape index (κ1) is 11.2. The Kier molecular flexibility index (Phi) is 2.79. The molecule has 0 bridgehead atoms. The van der Waals surface area contributed by atoms with E-state index in [2.05, 4.69) is 21.4 Å². The summed E-state index contributed by atoms with van der Waals surface area (Å²) in [5.41, 5.74) is 1.41. The second-order valence-corrected chi connectivity index (χ2v) is 4.04. The van der Waals surface area contributed by atoms with E-state index in [0.29, 0.717) is 11.4 Å². The molecular weight excluding hydrogens is 236 g/mol. The zero-order valence-electron chi connectivity index (χ0n) is 10.0. The normalized spacial score (nSPS) is 10.1. The Morgan fingerprint density at radius 2 is 2.00 bits per heavy atom. The van der Waals surface area contributed by atoms with Crippen LogP contribution in [0, 0.1) is 11.3 Å². The SMILES string of the molecule is N#Cc1cccnc1Nc1cccc2ccncc12. The van der Waals surface area contributed by atoms with Gasteiger partial charge in [-0.15, -0.1) is 0 Å². The molecule has 1 aromatic carbocycles. The van der Waals surface area contributed by atoms with E-state index in [9.17, 15) is 0 Å². The molecule has 0 amide bonds. The van der Waals surface area contributed by atoms with Gasteiger partial charge in [-0.2, -0.15) is 5.26 Å². The average molecular weight is 246 g/mol. The van der Waals surface area contributed by atoms with E-state index in [4.69, 9.17) is 5.26 Å². The molecule has 0 radical (unpaired) electrons. The lowest BCUT2D eigenvalue weighted by Crippen LogP contribution is -1.97. The standard InChI is InChI=1S/C15H10N4/c16-9-12-4-2-7-18-15(12)19-14-5-1-3-11-6-8-17-10-13(11)14/h1-8,10H,(H,18,19). The van der Waals surface area contributed by atoms with Crippen molar-refractivity contribution in [1.29, 1.82) is 5.26 Å². The van der Waals surface area contributed by atoms with Crippen LogP contribution in [0.25, 0.3) is 10.8 Å². The Balaban J connectivity index is 2.09. The van der Waals surface area contributed by atoms with Gasteiger partial charge in [-0.25, -0.2) is 4.98 Å². The topological polar surface area (TPSA) is 61.6 Å². The number of fused-ring (bicyclic) bond motifs is 1. The Morgan fingerprint density at radius 3 is 2.89 bits per heavy atom. The highest BCUT2D eigenvalue weighted by molar-refractivity contribution is 5.94. The van der Waals surface area contributed by atoms with Crippen LogP contribution in [0.2, 0.25) is 0 Å². The summed E-state index contributed by atoms with van der Waals surface area (Å²) in [6.45, 7) is 0. The summed E-state index contributed by atoms with van der Waals surface area (Å²) >= 11 is 0. The van der Waals surface area contributed by atoms with Crippen molar-refractivity contribution in [2.24, 2.45) is 0 Å². The van der Waals surface area contributed by atoms with Crippen molar-refractivity contribution in [3.8, 4) is 6.07 Å². The van der Waals surface area contributed by atoms with Gasteiger partial charge >= 0.3 is 0 Å². The van der Waals surface area contributed by atoms with Crippen molar-refractivity contribution in [1.82, 2.24) is 9.97 Å². The third kappa shape index (κ3) is 2.09. The van der Waals surface area contributed by atoms with Crippen LogP contribution in [0.3, 0.4) is 0 Å². The molecular formula is C15H10N4. The lowest BCUT2D eigenvalue weighted by molar-refractivity contribution is 1.29. The number of nitriles is 1. The summed E-state index contributed by atoms with van der Waals surface area (Å²) in [6.07, 6.45) is 5.22. The number of aromatic nitrogens is 2. The van der Waals surface area contributed by atoms with Crippen LogP contribution in [-0.2, 0) is 0 Å². The summed E-state index contributed by atoms with van der Waals surface area (Å²) in [5, 5.41) is 14.4. The molecule has 2 aromatic heterocycles. The van der Waals surface area contributed by atoms with Crippen LogP contribution < -0.4 is 5.32 Å². The van der Waals surface area contributed by atoms with Crippen LogP contribution in [0.15, 0.2) is 55.0 Å². The van der Waals surface area contributed by atoms with Crippen molar-refractivity contribution in [2.75, 3.05) is 5.32 Å². The molecule has 0 aliphatic heterocycles. The maximum atomic E-state index is 9.07. The molecule has 0 saturated heterocycles. The van der Waals surface area contributed by atoms with E-state index in [1.165, 1.54) is 0 Å². The number of rotatable bonds is 2. The van der Waals surface area contributed by atoms with Gasteiger partial charge in [0, 0.05) is 29.7 Å². The minimum Gasteiger partial charge on any atom is -0.339 e. The molecule has 0 spiro atoms. The van der Waals surface area contributed by atoms with E-state index >= 15 is 0 Å². The maximum Gasteiger partial charge on any atom is 0.148 e. The Morgan fingerprint density at radius 1 is 1.05 bits per heavy atom. The Labute approximate surface area is 110 Å². The Hall–Kier alpha value is -2.93. The largest absolute Gasteiger partial charge is 0.339 e. The van der Waals surface area contributed by atoms with Crippen LogP contribution in [0.4, 0.5) is 11.5 Å². The molecule has 4 nitrogen and oxygen atoms in total. The van der Waals surface area contributed by atoms with Crippen LogP contribution >= 0.6 is 0 Å². The van der Waals surface area contributed by atoms with Crippen LogP contribution in [0.5, 0.6) is 0 Å². The fourth-order valence-electron chi connectivity index (χ4n) is 1.95. The van der Waals surface area contributed by atoms with Gasteiger partial charge in [0.05, 0.1) is 5.56 Å². The molecule has 0 saturated carbocycles. The molecule has 3 rings (SSSR count). The molecule has 1 N–H and O–H groups in total. The van der Waals surface area contributed by atoms with Gasteiger partial charge in [-0.1, -0.05) is 12.1 Å². The minimum atomic E-state index is 0.517. The summed E-state index contributed by atoms with van der Waals surface area (Å²) in [4.78, 5) is 8.33. The van der Waals surface area contributed by atoms with Gasteiger partial charge in [0.1, 0.15) is 11.9 Å². The monoisotopic (exact) mass is 246 g/mol. The molecule has 4 heteroatoms. The first-order valence-electron chi connectivity index (χ1n) is 5.83. The molecule has 90 valence electrons. The van der Waals surface area contributed by atoms with Crippen LogP contribution in [0.1, 0.15) is 5.56 Å². The van der Waals surface area contributed by atoms with Gasteiger partial charge in [-0.3, -0.25) is 4.98 Å². The first-order chi connectivity index (χ1) is 9.38. The van der Waals surface area contributed by atoms with Crippen molar-refractivity contribution in [3.05, 3.63) is 60.6 Å². The predicted molar refractivity (Wildman–Crippen MR) is 74.0 cm³/mol. The predicted octanol–water partition coefficient (Wildman–Crippen LogP) is 3.25. The molecule has 3 aromatic rings. The molecule has 0 unspecified atom stereocenters. The number of hydrogen-bond donors (Lipinski definition) is 1. The lowest BCUT2D eigenvalue weighted by atomic mass is 10.1. The molecule has 2 heterocycles. The van der Waals surface area contributed by atoms with Gasteiger partial charge in [0.15, 0.2) is 0 Å². The van der Waals surface area contributed by atoms with Crippen molar-refractivity contribution in [3.63, 3.8) is 0 Å². The number of anilines is 2. The summed E-state index contributed by atoms with van der Waals surface area (Å²) in [6, 6.07) is 13.5. The van der Waals surface area contributed by atoms with Crippen molar-refractivity contribution >= 4 is 22.3 Å². The highest BCUT2D eigenvalue weighted by atomic mass is 15.0. The number of pyridine rings is 2. The molecule has 19 heavy (non-hydrogen) atoms. The van der Waals surface area contributed by atoms with E-state index in [0.717, 1.165) is 16.5 Å². The van der Waals surface area contributed by atoms with Gasteiger partial charge in [0.25, 0.3) is 0 Å². The molecule has 0 aliphatic carbocycles. The summed E-state index contributed by atoms with van der Waals surface area (Å²) < 4.78 is 0. The van der Waals surface area contributed by atoms with Gasteiger partial charge in [-0.05, 0) is 29.7 Å². The fourth-order valence-corrected chi connectivity index (χ4v) is 1.95. The van der Waals surface area contributed by atoms with Gasteiger partial charge in [0.2, 0.25) is 0 Å². The van der Waals surface area contributed by atoms with Gasteiger partial charge < -0.3 is 5.32 Å². The van der Waals surface area contributed by atoms with Crippen molar-refractivity contribution < 1.29 is 0 Å². The van der Waals surface area contributed by atoms with E-state index in [-0.39, 0.29) is 0 Å². The van der Waals surface area contributed by atoms with E-state index in [1.807, 2.05) is 24.3 Å². The zero-order valence-corrected chi connectivity index (χ0v) is 10.0. The fraction of sp³-hybridized carbons (Fsp3) is 0. The minimum absolute atomic E-state index is 0.517. The highest BCUT2D eigenvalue weighted by Gasteiger charge is 2.05. The molecule has 0 aliphatic rings. The third-order valence-corrected chi connectivity index (χ3v) is 2.86. The maximum absolute atomic E-state index is 9.07. The van der Waals surface area contributed by atoms with E-state index in [1.54, 1.807) is 30.7 Å². The van der Waals surface area contributed by atoms with Crippen LogP contribution in [-0.4, -0.2) is 9.97 Å². The second kappa shape index (κ2) is 4.75. The number of nitrogens with one attached hydrogen (secondary N) is 1. The third-order valence-electron chi connectivity index (χ3n) is 2.86. The van der Waals surface area contributed by atoms with E-state index < -0.39 is 0 Å². The average Bonchev–Trinajstić information content (AvgIpc) is 2.48. The highest BCUT2D eigenvalue weighted by Crippen LogP contribution is 2.25. The first-order valence-corrected chi connectivity index (χ1v) is 5.83. The summed E-state index contributed by atoms with van der Waals surface area (Å²) in [7, 11) is 0. The zero-order chi connectivity index (χ0) is 13.1. The number of hydrogen-bond acceptors (Lipinski definition) is 4. The molecule has 0 fully saturated rings. The molecule has 0 atom stereocenters. The second-order valence-electron chi connectivity index (χ2n) is 4.04.